The Morgan fingerprint density at radius 1 is 1.26 bits per heavy atom. The lowest BCUT2D eigenvalue weighted by atomic mass is 9.43. The largest absolute Gasteiger partial charge is 0.475 e. The van der Waals surface area contributed by atoms with Crippen LogP contribution in [0.4, 0.5) is 0 Å². The fourth-order valence-corrected chi connectivity index (χ4v) is 4.74. The van der Waals surface area contributed by atoms with E-state index in [0.29, 0.717) is 17.3 Å². The minimum Gasteiger partial charge on any atom is -0.404 e. The Bertz CT molecular complexity index is 373. The standard InChI is InChI=1S/C15H28BNO2/c1-9(2)6-13(17)16-18-12-8-10-7-11(14(10,3)4)15(12,5)19-16/h9-13H,6-8,17H2,1-5H3/t10-,11?,12?,13?,15-/m0/s1. The third kappa shape index (κ3) is 1.90. The third-order valence-corrected chi connectivity index (χ3v) is 6.06. The maximum Gasteiger partial charge on any atom is 0.475 e. The van der Waals surface area contributed by atoms with Crippen LogP contribution in [-0.2, 0) is 9.31 Å². The van der Waals surface area contributed by atoms with Gasteiger partial charge in [-0.1, -0.05) is 27.7 Å². The fourth-order valence-electron chi connectivity index (χ4n) is 4.74. The minimum atomic E-state index is -0.201. The molecule has 108 valence electrons. The molecule has 1 saturated heterocycles. The Morgan fingerprint density at radius 3 is 2.53 bits per heavy atom. The van der Waals surface area contributed by atoms with Crippen LogP contribution in [0.2, 0.25) is 0 Å². The summed E-state index contributed by atoms with van der Waals surface area (Å²) in [6.45, 7) is 11.4. The van der Waals surface area contributed by atoms with Crippen molar-refractivity contribution in [2.75, 3.05) is 0 Å². The summed E-state index contributed by atoms with van der Waals surface area (Å²) < 4.78 is 12.5. The van der Waals surface area contributed by atoms with Crippen LogP contribution in [0.5, 0.6) is 0 Å². The number of rotatable bonds is 3. The molecule has 0 aromatic heterocycles. The van der Waals surface area contributed by atoms with Crippen LogP contribution in [0.1, 0.15) is 53.9 Å². The molecule has 3 saturated carbocycles. The van der Waals surface area contributed by atoms with E-state index in [1.807, 2.05) is 0 Å². The molecule has 4 aliphatic rings. The van der Waals surface area contributed by atoms with Crippen LogP contribution >= 0.6 is 0 Å². The lowest BCUT2D eigenvalue weighted by Crippen LogP contribution is -2.65. The van der Waals surface area contributed by atoms with Crippen molar-refractivity contribution in [3.8, 4) is 0 Å². The predicted molar refractivity (Wildman–Crippen MR) is 77.5 cm³/mol. The molecule has 2 bridgehead atoms. The van der Waals surface area contributed by atoms with Crippen molar-refractivity contribution in [2.24, 2.45) is 28.9 Å². The Balaban J connectivity index is 1.74. The van der Waals surface area contributed by atoms with Gasteiger partial charge >= 0.3 is 7.12 Å². The van der Waals surface area contributed by atoms with Gasteiger partial charge in [0.15, 0.2) is 0 Å². The second-order valence-electron chi connectivity index (χ2n) is 8.13. The molecule has 2 N–H and O–H groups in total. The molecular weight excluding hydrogens is 237 g/mol. The second-order valence-corrected chi connectivity index (χ2v) is 8.13. The Kier molecular flexibility index (Phi) is 3.09. The van der Waals surface area contributed by atoms with Gasteiger partial charge in [-0.05, 0) is 49.4 Å². The molecule has 3 aliphatic carbocycles. The highest BCUT2D eigenvalue weighted by atomic mass is 16.7. The van der Waals surface area contributed by atoms with E-state index in [1.165, 1.54) is 6.42 Å². The highest BCUT2D eigenvalue weighted by Gasteiger charge is 2.68. The van der Waals surface area contributed by atoms with Gasteiger partial charge in [0.25, 0.3) is 0 Å². The zero-order chi connectivity index (χ0) is 14.0. The van der Waals surface area contributed by atoms with Crippen molar-refractivity contribution < 1.29 is 9.31 Å². The second kappa shape index (κ2) is 4.22. The summed E-state index contributed by atoms with van der Waals surface area (Å²) in [6, 6.07) is 0. The molecule has 0 aromatic rings. The van der Waals surface area contributed by atoms with Crippen LogP contribution in [0.3, 0.4) is 0 Å². The van der Waals surface area contributed by atoms with Gasteiger partial charge in [-0.25, -0.2) is 0 Å². The first-order chi connectivity index (χ1) is 8.75. The maximum atomic E-state index is 6.35. The van der Waals surface area contributed by atoms with Gasteiger partial charge in [0.05, 0.1) is 11.7 Å². The van der Waals surface area contributed by atoms with E-state index in [-0.39, 0.29) is 24.8 Å². The van der Waals surface area contributed by atoms with E-state index < -0.39 is 0 Å². The molecule has 4 fully saturated rings. The third-order valence-electron chi connectivity index (χ3n) is 6.06. The van der Waals surface area contributed by atoms with E-state index >= 15 is 0 Å². The molecule has 0 amide bonds. The quantitative estimate of drug-likeness (QED) is 0.798. The summed E-state index contributed by atoms with van der Waals surface area (Å²) in [5, 5.41) is 0. The Labute approximate surface area is 117 Å². The molecule has 3 unspecified atom stereocenters. The van der Waals surface area contributed by atoms with E-state index in [0.717, 1.165) is 18.8 Å². The van der Waals surface area contributed by atoms with Crippen LogP contribution in [-0.4, -0.2) is 24.8 Å². The zero-order valence-electron chi connectivity index (χ0n) is 13.0. The fraction of sp³-hybridized carbons (Fsp3) is 1.00. The first-order valence-electron chi connectivity index (χ1n) is 7.84. The average Bonchev–Trinajstić information content (AvgIpc) is 2.64. The molecule has 4 rings (SSSR count). The molecule has 3 nitrogen and oxygen atoms in total. The SMILES string of the molecule is CC(C)CC(N)B1OC2C[C@@H]3CC(C3(C)C)[C@]2(C)O1. The van der Waals surface area contributed by atoms with E-state index in [9.17, 15) is 0 Å². The molecule has 19 heavy (non-hydrogen) atoms. The van der Waals surface area contributed by atoms with Gasteiger partial charge in [-0.2, -0.15) is 0 Å². The van der Waals surface area contributed by atoms with Crippen molar-refractivity contribution in [1.82, 2.24) is 0 Å². The van der Waals surface area contributed by atoms with Crippen LogP contribution in [0.15, 0.2) is 0 Å². The summed E-state index contributed by atoms with van der Waals surface area (Å²) in [7, 11) is -0.201. The van der Waals surface area contributed by atoms with Crippen LogP contribution in [0.25, 0.3) is 0 Å². The zero-order valence-corrected chi connectivity index (χ0v) is 13.0. The van der Waals surface area contributed by atoms with Crippen molar-refractivity contribution in [3.05, 3.63) is 0 Å². The Morgan fingerprint density at radius 2 is 1.95 bits per heavy atom. The van der Waals surface area contributed by atoms with E-state index in [1.54, 1.807) is 0 Å². The summed E-state index contributed by atoms with van der Waals surface area (Å²) in [5.41, 5.74) is 6.56. The van der Waals surface area contributed by atoms with Gasteiger partial charge in [-0.3, -0.25) is 0 Å². The highest BCUT2D eigenvalue weighted by molar-refractivity contribution is 6.47. The topological polar surface area (TPSA) is 44.5 Å². The average molecular weight is 265 g/mol. The molecule has 1 heterocycles. The van der Waals surface area contributed by atoms with Gasteiger partial charge in [-0.15, -0.1) is 0 Å². The first kappa shape index (κ1) is 13.9. The molecule has 5 atom stereocenters. The van der Waals surface area contributed by atoms with Crippen molar-refractivity contribution in [1.29, 1.82) is 0 Å². The first-order valence-corrected chi connectivity index (χ1v) is 7.84. The van der Waals surface area contributed by atoms with Crippen LogP contribution < -0.4 is 5.73 Å². The van der Waals surface area contributed by atoms with Crippen molar-refractivity contribution in [2.45, 2.75) is 71.5 Å². The monoisotopic (exact) mass is 265 g/mol. The molecule has 1 aliphatic heterocycles. The molecular formula is C15H28BNO2. The molecule has 0 spiro atoms. The van der Waals surface area contributed by atoms with Gasteiger partial charge in [0.2, 0.25) is 0 Å². The molecule has 0 radical (unpaired) electrons. The maximum absolute atomic E-state index is 6.35. The number of hydrogen-bond acceptors (Lipinski definition) is 3. The summed E-state index contributed by atoms with van der Waals surface area (Å²) >= 11 is 0. The number of nitrogens with two attached hydrogens (primary N) is 1. The number of hydrogen-bond donors (Lipinski definition) is 1. The smallest absolute Gasteiger partial charge is 0.404 e. The van der Waals surface area contributed by atoms with Crippen molar-refractivity contribution >= 4 is 7.12 Å². The van der Waals surface area contributed by atoms with Gasteiger partial charge in [0.1, 0.15) is 0 Å². The summed E-state index contributed by atoms with van der Waals surface area (Å²) in [4.78, 5) is 0. The Hall–Kier alpha value is -0.0551. The summed E-state index contributed by atoms with van der Waals surface area (Å²) in [6.07, 6.45) is 3.67. The predicted octanol–water partition coefficient (Wildman–Crippen LogP) is 2.63. The lowest BCUT2D eigenvalue weighted by molar-refractivity contribution is -0.199. The normalized spacial score (nSPS) is 45.0. The highest BCUT2D eigenvalue weighted by Crippen LogP contribution is 2.65. The molecule has 4 heteroatoms. The van der Waals surface area contributed by atoms with E-state index in [4.69, 9.17) is 15.0 Å². The minimum absolute atomic E-state index is 0.00253. The molecule has 0 aromatic carbocycles. The lowest BCUT2D eigenvalue weighted by Gasteiger charge is -2.64. The van der Waals surface area contributed by atoms with Gasteiger partial charge < -0.3 is 15.0 Å². The van der Waals surface area contributed by atoms with Gasteiger partial charge in [0, 0.05) is 5.94 Å². The van der Waals surface area contributed by atoms with E-state index in [2.05, 4.69) is 34.6 Å². The van der Waals surface area contributed by atoms with Crippen LogP contribution in [0, 0.1) is 23.2 Å². The summed E-state index contributed by atoms with van der Waals surface area (Å²) in [5.74, 6) is 2.02. The van der Waals surface area contributed by atoms with Crippen molar-refractivity contribution in [3.63, 3.8) is 0 Å².